The van der Waals surface area contributed by atoms with E-state index in [4.69, 9.17) is 24.6 Å². The van der Waals surface area contributed by atoms with E-state index in [1.54, 1.807) is 0 Å². The van der Waals surface area contributed by atoms with Crippen LogP contribution in [0, 0.1) is 0 Å². The molecule has 0 aliphatic heterocycles. The molecule has 1 aliphatic carbocycles. The Hall–Kier alpha value is 0.128. The van der Waals surface area contributed by atoms with E-state index in [-0.39, 0.29) is 6.04 Å². The topological polar surface area (TPSA) is 90.5 Å². The standard InChI is InChI=1S/C6H12N.C4H6NO4.2ClH.Pt/c7-6-4-2-1-3-5-6;1-3(6)8-5-9-4(2)7;;;/h6-7H,1-5H2;1-2H3;2*1H;/q2*-1;;;+4/p-2. The molecule has 9 heteroatoms. The van der Waals surface area contributed by atoms with E-state index in [9.17, 15) is 9.59 Å². The van der Waals surface area contributed by atoms with Gasteiger partial charge >= 0.3 is 35.3 Å². The van der Waals surface area contributed by atoms with Crippen LogP contribution in [0.4, 0.5) is 0 Å². The van der Waals surface area contributed by atoms with Crippen molar-refractivity contribution in [2.24, 2.45) is 0 Å². The van der Waals surface area contributed by atoms with E-state index in [1.165, 1.54) is 19.3 Å². The molecule has 0 amide bonds. The maximum absolute atomic E-state index is 9.92. The van der Waals surface area contributed by atoms with Gasteiger partial charge in [-0.1, -0.05) is 32.1 Å². The van der Waals surface area contributed by atoms with Gasteiger partial charge in [-0.3, -0.25) is 15.2 Å². The average Bonchev–Trinajstić information content (AvgIpc) is 2.30. The van der Waals surface area contributed by atoms with Gasteiger partial charge in [-0.05, 0) is 0 Å². The molecular weight excluding hydrogens is 478 g/mol. The third kappa shape index (κ3) is 23.6. The zero-order valence-corrected chi connectivity index (χ0v) is 14.5. The van der Waals surface area contributed by atoms with Crippen molar-refractivity contribution in [3.8, 4) is 0 Å². The summed E-state index contributed by atoms with van der Waals surface area (Å²) in [4.78, 5) is 27.6. The zero-order valence-electron chi connectivity index (χ0n) is 10.8. The Morgan fingerprint density at radius 3 is 1.68 bits per heavy atom. The minimum Gasteiger partial charge on any atom is -0.675 e. The molecule has 0 aromatic rings. The summed E-state index contributed by atoms with van der Waals surface area (Å²) in [6.45, 7) is 2.29. The Morgan fingerprint density at radius 2 is 1.47 bits per heavy atom. The second-order valence-corrected chi connectivity index (χ2v) is 6.90. The number of carbonyl (C=O) groups excluding carboxylic acids is 2. The van der Waals surface area contributed by atoms with E-state index in [0.29, 0.717) is 0 Å². The fourth-order valence-corrected chi connectivity index (χ4v) is 1.23. The van der Waals surface area contributed by atoms with Gasteiger partial charge in [0.05, 0.1) is 0 Å². The van der Waals surface area contributed by atoms with Crippen LogP contribution in [0.25, 0.3) is 11.4 Å². The summed E-state index contributed by atoms with van der Waals surface area (Å²) in [5.74, 6) is -1.26. The molecule has 6 nitrogen and oxygen atoms in total. The molecule has 1 N–H and O–H groups in total. The van der Waals surface area contributed by atoms with Crippen LogP contribution in [0.1, 0.15) is 46.0 Å². The predicted octanol–water partition coefficient (Wildman–Crippen LogP) is 4.06. The molecule has 0 heterocycles. The zero-order chi connectivity index (χ0) is 15.1. The van der Waals surface area contributed by atoms with E-state index in [0.717, 1.165) is 26.7 Å². The predicted molar refractivity (Wildman–Crippen MR) is 69.8 cm³/mol. The largest absolute Gasteiger partial charge is 0.675 e. The maximum atomic E-state index is 9.92. The molecule has 116 valence electrons. The molecule has 19 heavy (non-hydrogen) atoms. The fourth-order valence-electron chi connectivity index (χ4n) is 1.23. The first-order chi connectivity index (χ1) is 8.93. The SMILES string of the molecule is CC(=O)O[N-]OC(C)=O.[Cl][Pt+2][Cl].[NH-]C1CCCCC1. The van der Waals surface area contributed by atoms with Crippen molar-refractivity contribution in [1.82, 2.24) is 0 Å². The number of carbonyl (C=O) groups is 2. The summed E-state index contributed by atoms with van der Waals surface area (Å²) in [7, 11) is 9.75. The Morgan fingerprint density at radius 1 is 1.11 bits per heavy atom. The quantitative estimate of drug-likeness (QED) is 0.540. The molecule has 1 fully saturated rings. The monoisotopic (exact) mass is 495 g/mol. The molecule has 0 spiro atoms. The van der Waals surface area contributed by atoms with E-state index in [2.05, 4.69) is 15.3 Å². The Balaban J connectivity index is 0. The van der Waals surface area contributed by atoms with Crippen LogP contribution in [-0.4, -0.2) is 18.0 Å². The molecule has 0 unspecified atom stereocenters. The van der Waals surface area contributed by atoms with Gasteiger partial charge in [0.15, 0.2) is 0 Å². The molecule has 0 bridgehead atoms. The van der Waals surface area contributed by atoms with Gasteiger partial charge in [0.1, 0.15) is 0 Å². The van der Waals surface area contributed by atoms with Crippen LogP contribution in [0.5, 0.6) is 0 Å². The molecule has 1 aliphatic rings. The molecule has 1 saturated carbocycles. The van der Waals surface area contributed by atoms with Crippen molar-refractivity contribution < 1.29 is 35.7 Å². The van der Waals surface area contributed by atoms with Crippen molar-refractivity contribution in [2.45, 2.75) is 52.0 Å². The molecule has 0 atom stereocenters. The van der Waals surface area contributed by atoms with Crippen molar-refractivity contribution in [2.75, 3.05) is 0 Å². The first-order valence-electron chi connectivity index (χ1n) is 5.53. The molecular formula is C10H18Cl2N2O4Pt. The van der Waals surface area contributed by atoms with E-state index in [1.807, 2.05) is 0 Å². The molecule has 1 rings (SSSR count). The van der Waals surface area contributed by atoms with Gasteiger partial charge in [0.25, 0.3) is 11.9 Å². The van der Waals surface area contributed by atoms with E-state index >= 15 is 0 Å². The van der Waals surface area contributed by atoms with Crippen LogP contribution in [0.2, 0.25) is 0 Å². The number of nitrogens with zero attached hydrogens (tertiary/aromatic N) is 1. The van der Waals surface area contributed by atoms with Gasteiger partial charge in [0, 0.05) is 13.8 Å². The van der Waals surface area contributed by atoms with Crippen LogP contribution in [0.15, 0.2) is 0 Å². The van der Waals surface area contributed by atoms with Crippen molar-refractivity contribution in [3.05, 3.63) is 11.4 Å². The number of nitrogens with one attached hydrogen (secondary N) is 1. The molecule has 0 radical (unpaired) electrons. The fraction of sp³-hybridized carbons (Fsp3) is 0.800. The third-order valence-electron chi connectivity index (χ3n) is 1.94. The second kappa shape index (κ2) is 16.2. The summed E-state index contributed by atoms with van der Waals surface area (Å²) in [5.41, 5.74) is 9.94. The summed E-state index contributed by atoms with van der Waals surface area (Å²) in [5, 5.41) is 0. The minimum atomic E-state index is -0.628. The Bertz CT molecular complexity index is 228. The first-order valence-corrected chi connectivity index (χ1v) is 11.2. The van der Waals surface area contributed by atoms with Crippen LogP contribution < -0.4 is 0 Å². The van der Waals surface area contributed by atoms with Crippen molar-refractivity contribution in [3.63, 3.8) is 0 Å². The molecule has 0 saturated heterocycles. The van der Waals surface area contributed by atoms with Crippen LogP contribution in [-0.2, 0) is 35.7 Å². The van der Waals surface area contributed by atoms with Crippen LogP contribution >= 0.6 is 18.8 Å². The Kier molecular flexibility index (Phi) is 18.3. The van der Waals surface area contributed by atoms with Gasteiger partial charge in [0.2, 0.25) is 0 Å². The third-order valence-corrected chi connectivity index (χ3v) is 1.94. The number of hydrogen-bond donors (Lipinski definition) is 0. The van der Waals surface area contributed by atoms with Gasteiger partial charge in [-0.2, -0.15) is 0 Å². The van der Waals surface area contributed by atoms with Gasteiger partial charge in [-0.15, -0.1) is 6.04 Å². The first kappa shape index (κ1) is 21.4. The van der Waals surface area contributed by atoms with E-state index < -0.39 is 28.4 Å². The number of halogens is 2. The second-order valence-electron chi connectivity index (χ2n) is 3.62. The minimum absolute atomic E-state index is 0.286. The summed E-state index contributed by atoms with van der Waals surface area (Å²) < 4.78 is 0. The van der Waals surface area contributed by atoms with Crippen molar-refractivity contribution >= 4 is 30.8 Å². The smallest absolute Gasteiger partial charge is 0.0534 e. The number of hydrogen-bond acceptors (Lipinski definition) is 4. The summed E-state index contributed by atoms with van der Waals surface area (Å²) in [6.07, 6.45) is 6.28. The molecule has 0 aromatic heterocycles. The average molecular weight is 496 g/mol. The maximum Gasteiger partial charge on any atom is -0.0534 e. The molecule has 0 aromatic carbocycles. The van der Waals surface area contributed by atoms with Crippen LogP contribution in [0.3, 0.4) is 0 Å². The van der Waals surface area contributed by atoms with Gasteiger partial charge < -0.3 is 15.4 Å². The number of rotatable bonds is 2. The van der Waals surface area contributed by atoms with Crippen molar-refractivity contribution in [1.29, 1.82) is 0 Å². The normalized spacial score (nSPS) is 14.4. The van der Waals surface area contributed by atoms with Gasteiger partial charge in [-0.25, -0.2) is 0 Å². The summed E-state index contributed by atoms with van der Waals surface area (Å²) in [6, 6.07) is 0.286. The summed E-state index contributed by atoms with van der Waals surface area (Å²) >= 11 is -0.472. The Labute approximate surface area is 130 Å².